The maximum atomic E-state index is 10.4. The molecule has 1 aliphatic rings. The topological polar surface area (TPSA) is 83.5 Å². The van der Waals surface area contributed by atoms with Gasteiger partial charge >= 0.3 is 59.0 Å². The summed E-state index contributed by atoms with van der Waals surface area (Å²) in [5.74, 6) is -0.860. The minimum Gasteiger partial charge on any atom is -0.508 e. The number of carboxylic acids is 1. The number of benzene rings is 1. The number of aromatic hydroxyl groups is 1. The van der Waals surface area contributed by atoms with E-state index in [4.69, 9.17) is 15.9 Å². The van der Waals surface area contributed by atoms with Gasteiger partial charge in [-0.1, -0.05) is 12.1 Å². The third-order valence-electron chi connectivity index (χ3n) is 2.05. The molecule has 0 saturated carbocycles. The normalized spacial score (nSPS) is 15.6. The summed E-state index contributed by atoms with van der Waals surface area (Å²) in [6, 6.07) is 5.42. The molecule has 1 atom stereocenters. The van der Waals surface area contributed by atoms with Crippen LogP contribution in [0.3, 0.4) is 0 Å². The molecule has 0 spiro atoms. The van der Waals surface area contributed by atoms with Crippen LogP contribution >= 0.6 is 0 Å². The Morgan fingerprint density at radius 1 is 1.28 bits per heavy atom. The first-order valence-corrected chi connectivity index (χ1v) is 10.7. The number of alkyl halides is 2. The fraction of sp³-hybridized carbons (Fsp3) is 0.250. The number of phenols is 1. The number of nitrogens with two attached hydrogens (primary N) is 1. The number of carbonyl (C=O) groups is 1. The SMILES string of the molecule is C1=C[I-]C[I-]1.N[C@@H](Cc1ccc(O)cc1)C(=O)O. The molecule has 1 aromatic carbocycles. The Labute approximate surface area is 127 Å². The van der Waals surface area contributed by atoms with Crippen molar-refractivity contribution >= 4 is 5.97 Å². The molecule has 0 radical (unpaired) electrons. The number of hydrogen-bond acceptors (Lipinski definition) is 3. The van der Waals surface area contributed by atoms with Crippen molar-refractivity contribution in [2.45, 2.75) is 12.5 Å². The molecule has 18 heavy (non-hydrogen) atoms. The molecule has 0 saturated heterocycles. The molecule has 1 heterocycles. The maximum Gasteiger partial charge on any atom is 0.320 e. The van der Waals surface area contributed by atoms with E-state index in [0.29, 0.717) is 42.4 Å². The summed E-state index contributed by atoms with van der Waals surface area (Å²) >= 11 is 1.22. The minimum atomic E-state index is -1.02. The van der Waals surface area contributed by atoms with Crippen LogP contribution in [-0.4, -0.2) is 24.7 Å². The average molecular weight is 475 g/mol. The van der Waals surface area contributed by atoms with E-state index in [1.54, 1.807) is 14.6 Å². The Kier molecular flexibility index (Phi) is 7.59. The predicted molar refractivity (Wildman–Crippen MR) is 61.4 cm³/mol. The van der Waals surface area contributed by atoms with Gasteiger partial charge in [0.25, 0.3) is 0 Å². The molecular formula is C12H15I2NO3-2. The first-order chi connectivity index (χ1) is 8.59. The van der Waals surface area contributed by atoms with Gasteiger partial charge < -0.3 is 15.9 Å². The number of phenolic OH excluding ortho intramolecular Hbond substituents is 1. The largest absolute Gasteiger partial charge is 0.508 e. The number of carboxylic acid groups (broad SMARTS) is 1. The zero-order valence-electron chi connectivity index (χ0n) is 9.59. The van der Waals surface area contributed by atoms with Crippen LogP contribution in [0, 0.1) is 0 Å². The average Bonchev–Trinajstić information content (AvgIpc) is 2.90. The van der Waals surface area contributed by atoms with E-state index in [2.05, 4.69) is 8.17 Å². The van der Waals surface area contributed by atoms with Crippen LogP contribution in [0.4, 0.5) is 0 Å². The molecular weight excluding hydrogens is 460 g/mol. The third-order valence-corrected chi connectivity index (χ3v) is 10.3. The van der Waals surface area contributed by atoms with Gasteiger partial charge in [-0.2, -0.15) is 0 Å². The van der Waals surface area contributed by atoms with Crippen LogP contribution in [0.2, 0.25) is 0 Å². The first kappa shape index (κ1) is 15.7. The van der Waals surface area contributed by atoms with Gasteiger partial charge in [-0.05, 0) is 24.1 Å². The number of aliphatic carboxylic acids is 1. The van der Waals surface area contributed by atoms with Gasteiger partial charge in [-0.3, -0.25) is 4.79 Å². The van der Waals surface area contributed by atoms with Gasteiger partial charge in [0, 0.05) is 0 Å². The molecule has 4 nitrogen and oxygen atoms in total. The van der Waals surface area contributed by atoms with Gasteiger partial charge in [0.1, 0.15) is 11.8 Å². The fourth-order valence-electron chi connectivity index (χ4n) is 1.14. The summed E-state index contributed by atoms with van der Waals surface area (Å²) < 4.78 is 6.40. The smallest absolute Gasteiger partial charge is 0.320 e. The van der Waals surface area contributed by atoms with Crippen LogP contribution in [0.25, 0.3) is 0 Å². The summed E-state index contributed by atoms with van der Waals surface area (Å²) in [7, 11) is 0. The second-order valence-corrected chi connectivity index (χ2v) is 11.1. The predicted octanol–water partition coefficient (Wildman–Crippen LogP) is -5.05. The van der Waals surface area contributed by atoms with Crippen LogP contribution in [0.1, 0.15) is 5.56 Å². The molecule has 4 N–H and O–H groups in total. The van der Waals surface area contributed by atoms with Gasteiger partial charge in [0.2, 0.25) is 0 Å². The molecule has 0 aliphatic carbocycles. The minimum absolute atomic E-state index is 0.160. The number of hydrogen-bond donors (Lipinski definition) is 3. The fourth-order valence-corrected chi connectivity index (χ4v) is 8.55. The molecule has 0 unspecified atom stereocenters. The van der Waals surface area contributed by atoms with E-state index < -0.39 is 12.0 Å². The van der Waals surface area contributed by atoms with Gasteiger partial charge in [0.15, 0.2) is 0 Å². The van der Waals surface area contributed by atoms with Crippen LogP contribution in [0.5, 0.6) is 5.75 Å². The van der Waals surface area contributed by atoms with Gasteiger partial charge in [0.05, 0.1) is 0 Å². The van der Waals surface area contributed by atoms with Crippen molar-refractivity contribution in [3.8, 4) is 5.75 Å². The number of halogens is 2. The monoisotopic (exact) mass is 475 g/mol. The molecule has 0 fully saturated rings. The van der Waals surface area contributed by atoms with E-state index in [0.717, 1.165) is 5.56 Å². The van der Waals surface area contributed by atoms with E-state index in [9.17, 15) is 4.79 Å². The standard InChI is InChI=1S/C9H11NO3.C3H4I2/c10-8(9(12)13)5-6-1-3-7(11)4-2-6;1-2-5-3-4-1/h1-4,8,11H,5,10H2,(H,12,13);1-2H,3H2/q;-2/t8-;/m0./s1. The van der Waals surface area contributed by atoms with Crippen molar-refractivity contribution < 1.29 is 57.4 Å². The summed E-state index contributed by atoms with van der Waals surface area (Å²) in [5.41, 5.74) is 6.12. The zero-order chi connectivity index (χ0) is 13.4. The third kappa shape index (κ3) is 6.55. The van der Waals surface area contributed by atoms with Gasteiger partial charge in [-0.25, -0.2) is 0 Å². The van der Waals surface area contributed by atoms with Crippen molar-refractivity contribution in [2.24, 2.45) is 5.73 Å². The Morgan fingerprint density at radius 3 is 2.22 bits per heavy atom. The Morgan fingerprint density at radius 2 is 1.83 bits per heavy atom. The van der Waals surface area contributed by atoms with Crippen molar-refractivity contribution in [1.82, 2.24) is 0 Å². The summed E-state index contributed by atoms with van der Waals surface area (Å²) in [5, 5.41) is 17.5. The summed E-state index contributed by atoms with van der Waals surface area (Å²) in [4.78, 5) is 10.4. The van der Waals surface area contributed by atoms with Crippen molar-refractivity contribution in [2.75, 3.05) is 2.43 Å². The van der Waals surface area contributed by atoms with E-state index in [1.165, 1.54) is 12.1 Å². The summed E-state index contributed by atoms with van der Waals surface area (Å²) in [6.45, 7) is 0. The molecule has 1 aliphatic heterocycles. The molecule has 0 bridgehead atoms. The second kappa shape index (κ2) is 8.70. The molecule has 0 aromatic heterocycles. The molecule has 2 rings (SSSR count). The van der Waals surface area contributed by atoms with Crippen LogP contribution in [0.15, 0.2) is 32.4 Å². The Hall–Kier alpha value is -0.350. The zero-order valence-corrected chi connectivity index (χ0v) is 13.9. The van der Waals surface area contributed by atoms with Crippen LogP contribution < -0.4 is 48.1 Å². The van der Waals surface area contributed by atoms with Crippen molar-refractivity contribution in [3.63, 3.8) is 0 Å². The first-order valence-electron chi connectivity index (χ1n) is 5.16. The maximum absolute atomic E-state index is 10.4. The quantitative estimate of drug-likeness (QED) is 0.302. The van der Waals surface area contributed by atoms with E-state index in [-0.39, 0.29) is 12.2 Å². The van der Waals surface area contributed by atoms with E-state index in [1.807, 2.05) is 0 Å². The van der Waals surface area contributed by atoms with Crippen molar-refractivity contribution in [1.29, 1.82) is 0 Å². The van der Waals surface area contributed by atoms with Crippen molar-refractivity contribution in [3.05, 3.63) is 38.0 Å². The molecule has 1 aromatic rings. The van der Waals surface area contributed by atoms with E-state index >= 15 is 0 Å². The Balaban J connectivity index is 0.000000269. The Bertz CT molecular complexity index is 400. The second-order valence-electron chi connectivity index (χ2n) is 3.48. The molecule has 0 amide bonds. The van der Waals surface area contributed by atoms with Crippen LogP contribution in [-0.2, 0) is 11.2 Å². The van der Waals surface area contributed by atoms with Gasteiger partial charge in [-0.15, -0.1) is 0 Å². The number of rotatable bonds is 3. The molecule has 102 valence electrons. The summed E-state index contributed by atoms with van der Waals surface area (Å²) in [6.07, 6.45) is 0.273. The molecule has 6 heteroatoms.